The van der Waals surface area contributed by atoms with Crippen LogP contribution in [0.2, 0.25) is 0 Å². The van der Waals surface area contributed by atoms with Gasteiger partial charge in [0.1, 0.15) is 6.04 Å². The zero-order valence-corrected chi connectivity index (χ0v) is 10.7. The van der Waals surface area contributed by atoms with Crippen molar-refractivity contribution < 1.29 is 19.8 Å². The van der Waals surface area contributed by atoms with Crippen LogP contribution >= 0.6 is 0 Å². The number of rotatable bonds is 3. The minimum atomic E-state index is -1.06. The van der Waals surface area contributed by atoms with Crippen LogP contribution in [0.25, 0.3) is 0 Å². The number of hydrogen-bond donors (Lipinski definition) is 2. The Hall–Kier alpha value is -1.88. The van der Waals surface area contributed by atoms with E-state index < -0.39 is 24.0 Å². The van der Waals surface area contributed by atoms with Gasteiger partial charge in [0.05, 0.1) is 12.0 Å². The van der Waals surface area contributed by atoms with Crippen LogP contribution in [0.3, 0.4) is 0 Å². The highest BCUT2D eigenvalue weighted by Gasteiger charge is 2.40. The molecule has 19 heavy (non-hydrogen) atoms. The van der Waals surface area contributed by atoms with Gasteiger partial charge < -0.3 is 15.1 Å². The molecular weight excluding hydrogens is 246 g/mol. The highest BCUT2D eigenvalue weighted by molar-refractivity contribution is 5.88. The fourth-order valence-corrected chi connectivity index (χ4v) is 2.42. The number of aliphatic hydroxyl groups is 1. The van der Waals surface area contributed by atoms with Crippen LogP contribution in [0, 0.1) is 0 Å². The van der Waals surface area contributed by atoms with E-state index in [-0.39, 0.29) is 18.9 Å². The lowest BCUT2D eigenvalue weighted by Crippen LogP contribution is -2.42. The summed E-state index contributed by atoms with van der Waals surface area (Å²) in [4.78, 5) is 24.7. The summed E-state index contributed by atoms with van der Waals surface area (Å²) in [6, 6.07) is 8.30. The normalized spacial score (nSPS) is 24.2. The number of hydrogen-bond acceptors (Lipinski definition) is 3. The van der Waals surface area contributed by atoms with Gasteiger partial charge in [-0.15, -0.1) is 0 Å². The molecule has 1 fully saturated rings. The summed E-state index contributed by atoms with van der Waals surface area (Å²) in [7, 11) is 0. The predicted octanol–water partition coefficient (Wildman–Crippen LogP) is 0.836. The summed E-state index contributed by atoms with van der Waals surface area (Å²) >= 11 is 0. The molecule has 3 unspecified atom stereocenters. The SMILES string of the molecule is CC(C(=O)N1CC(O)CC1C(=O)O)c1ccccc1. The van der Waals surface area contributed by atoms with E-state index in [4.69, 9.17) is 5.11 Å². The Labute approximate surface area is 111 Å². The minimum absolute atomic E-state index is 0.0903. The Morgan fingerprint density at radius 3 is 2.53 bits per heavy atom. The summed E-state index contributed by atoms with van der Waals surface area (Å²) in [5, 5.41) is 18.7. The van der Waals surface area contributed by atoms with Crippen molar-refractivity contribution in [2.24, 2.45) is 0 Å². The first-order valence-corrected chi connectivity index (χ1v) is 6.27. The van der Waals surface area contributed by atoms with Crippen molar-refractivity contribution in [3.63, 3.8) is 0 Å². The molecule has 1 amide bonds. The third-order valence-electron chi connectivity index (χ3n) is 3.52. The van der Waals surface area contributed by atoms with Gasteiger partial charge in [-0.2, -0.15) is 0 Å². The number of likely N-dealkylation sites (tertiary alicyclic amines) is 1. The van der Waals surface area contributed by atoms with E-state index in [9.17, 15) is 14.7 Å². The Morgan fingerprint density at radius 2 is 1.95 bits per heavy atom. The second kappa shape index (κ2) is 5.40. The van der Waals surface area contributed by atoms with Crippen molar-refractivity contribution in [3.8, 4) is 0 Å². The van der Waals surface area contributed by atoms with E-state index in [0.29, 0.717) is 0 Å². The highest BCUT2D eigenvalue weighted by atomic mass is 16.4. The van der Waals surface area contributed by atoms with Crippen LogP contribution in [0.15, 0.2) is 30.3 Å². The number of carboxylic acid groups (broad SMARTS) is 1. The Bertz CT molecular complexity index is 474. The first-order chi connectivity index (χ1) is 9.00. The molecule has 5 nitrogen and oxygen atoms in total. The van der Waals surface area contributed by atoms with E-state index in [1.54, 1.807) is 6.92 Å². The molecule has 1 saturated heterocycles. The summed E-state index contributed by atoms with van der Waals surface area (Å²) in [6.07, 6.45) is -0.657. The molecule has 0 aliphatic carbocycles. The second-order valence-electron chi connectivity index (χ2n) is 4.87. The van der Waals surface area contributed by atoms with Crippen LogP contribution < -0.4 is 0 Å². The number of aliphatic carboxylic acids is 1. The van der Waals surface area contributed by atoms with E-state index in [1.165, 1.54) is 4.90 Å². The van der Waals surface area contributed by atoms with Crippen molar-refractivity contribution >= 4 is 11.9 Å². The monoisotopic (exact) mass is 263 g/mol. The zero-order valence-electron chi connectivity index (χ0n) is 10.7. The lowest BCUT2D eigenvalue weighted by molar-refractivity contribution is -0.148. The molecule has 2 N–H and O–H groups in total. The van der Waals surface area contributed by atoms with Gasteiger partial charge in [-0.05, 0) is 12.5 Å². The topological polar surface area (TPSA) is 77.8 Å². The van der Waals surface area contributed by atoms with E-state index in [2.05, 4.69) is 0 Å². The third-order valence-corrected chi connectivity index (χ3v) is 3.52. The van der Waals surface area contributed by atoms with Crippen LogP contribution in [0.1, 0.15) is 24.8 Å². The summed E-state index contributed by atoms with van der Waals surface area (Å²) in [5.74, 6) is -1.73. The molecule has 1 aromatic carbocycles. The molecule has 0 bridgehead atoms. The summed E-state index contributed by atoms with van der Waals surface area (Å²) in [5.41, 5.74) is 0.845. The first-order valence-electron chi connectivity index (χ1n) is 6.27. The number of β-amino-alcohol motifs (C(OH)–C–C–N with tert-alkyl or cyclic N) is 1. The standard InChI is InChI=1S/C14H17NO4/c1-9(10-5-3-2-4-6-10)13(17)15-8-11(16)7-12(15)14(18)19/h2-6,9,11-12,16H,7-8H2,1H3,(H,18,19). The van der Waals surface area contributed by atoms with Gasteiger partial charge in [0.25, 0.3) is 0 Å². The number of carboxylic acids is 1. The molecule has 1 aromatic rings. The van der Waals surface area contributed by atoms with Crippen molar-refractivity contribution in [1.29, 1.82) is 0 Å². The van der Waals surface area contributed by atoms with Crippen molar-refractivity contribution in [2.75, 3.05) is 6.54 Å². The molecular formula is C14H17NO4. The maximum atomic E-state index is 12.4. The highest BCUT2D eigenvalue weighted by Crippen LogP contribution is 2.25. The molecule has 0 saturated carbocycles. The van der Waals surface area contributed by atoms with Gasteiger partial charge in [0.15, 0.2) is 0 Å². The molecule has 3 atom stereocenters. The Balaban J connectivity index is 2.17. The van der Waals surface area contributed by atoms with Gasteiger partial charge in [0, 0.05) is 13.0 Å². The summed E-state index contributed by atoms with van der Waals surface area (Å²) < 4.78 is 0. The molecule has 1 heterocycles. The molecule has 1 aliphatic rings. The molecule has 0 radical (unpaired) electrons. The maximum absolute atomic E-state index is 12.4. The molecule has 0 spiro atoms. The molecule has 0 aromatic heterocycles. The van der Waals surface area contributed by atoms with Crippen LogP contribution in [0.4, 0.5) is 0 Å². The van der Waals surface area contributed by atoms with Gasteiger partial charge in [-0.3, -0.25) is 4.79 Å². The smallest absolute Gasteiger partial charge is 0.326 e. The van der Waals surface area contributed by atoms with Crippen molar-refractivity contribution in [1.82, 2.24) is 4.90 Å². The van der Waals surface area contributed by atoms with Crippen molar-refractivity contribution in [2.45, 2.75) is 31.4 Å². The van der Waals surface area contributed by atoms with E-state index >= 15 is 0 Å². The molecule has 1 aliphatic heterocycles. The largest absolute Gasteiger partial charge is 0.480 e. The van der Waals surface area contributed by atoms with Gasteiger partial charge in [-0.25, -0.2) is 4.79 Å². The fourth-order valence-electron chi connectivity index (χ4n) is 2.42. The van der Waals surface area contributed by atoms with Crippen molar-refractivity contribution in [3.05, 3.63) is 35.9 Å². The van der Waals surface area contributed by atoms with Gasteiger partial charge in [-0.1, -0.05) is 30.3 Å². The average molecular weight is 263 g/mol. The molecule has 5 heteroatoms. The lowest BCUT2D eigenvalue weighted by Gasteiger charge is -2.24. The molecule has 102 valence electrons. The number of carbonyl (C=O) groups is 2. The maximum Gasteiger partial charge on any atom is 0.326 e. The van der Waals surface area contributed by atoms with E-state index in [0.717, 1.165) is 5.56 Å². The number of benzene rings is 1. The van der Waals surface area contributed by atoms with Crippen LogP contribution in [-0.2, 0) is 9.59 Å². The van der Waals surface area contributed by atoms with Crippen LogP contribution in [-0.4, -0.2) is 45.7 Å². The quantitative estimate of drug-likeness (QED) is 0.847. The third kappa shape index (κ3) is 2.76. The lowest BCUT2D eigenvalue weighted by atomic mass is 9.99. The van der Waals surface area contributed by atoms with Gasteiger partial charge >= 0.3 is 5.97 Å². The minimum Gasteiger partial charge on any atom is -0.480 e. The van der Waals surface area contributed by atoms with E-state index in [1.807, 2.05) is 30.3 Å². The fraction of sp³-hybridized carbons (Fsp3) is 0.429. The summed E-state index contributed by atoms with van der Waals surface area (Å²) in [6.45, 7) is 1.84. The predicted molar refractivity (Wildman–Crippen MR) is 68.6 cm³/mol. The number of amides is 1. The molecule has 2 rings (SSSR count). The zero-order chi connectivity index (χ0) is 14.0. The second-order valence-corrected chi connectivity index (χ2v) is 4.87. The van der Waals surface area contributed by atoms with Crippen LogP contribution in [0.5, 0.6) is 0 Å². The average Bonchev–Trinajstić information content (AvgIpc) is 2.80. The first kappa shape index (κ1) is 13.5. The number of carbonyl (C=O) groups excluding carboxylic acids is 1. The Kier molecular flexibility index (Phi) is 3.85. The van der Waals surface area contributed by atoms with Gasteiger partial charge in [0.2, 0.25) is 5.91 Å². The number of nitrogens with zero attached hydrogens (tertiary/aromatic N) is 1. The number of aliphatic hydroxyl groups excluding tert-OH is 1. The Morgan fingerprint density at radius 1 is 1.32 bits per heavy atom.